The lowest BCUT2D eigenvalue weighted by Gasteiger charge is -2.08. The first-order valence-corrected chi connectivity index (χ1v) is 8.66. The highest BCUT2D eigenvalue weighted by atomic mass is 16.1. The van der Waals surface area contributed by atoms with Crippen molar-refractivity contribution >= 4 is 27.7 Å². The Balaban J connectivity index is 0.00000100. The first-order valence-electron chi connectivity index (χ1n) is 8.66. The monoisotopic (exact) mass is 325 g/mol. The summed E-state index contributed by atoms with van der Waals surface area (Å²) in [6.45, 7) is 7.96. The molecular formula is C20H27N3O. The van der Waals surface area contributed by atoms with Crippen LogP contribution in [0.25, 0.3) is 21.8 Å². The summed E-state index contributed by atoms with van der Waals surface area (Å²) in [7, 11) is 2.07. The molecule has 3 rings (SSSR count). The number of carbonyl (C=O) groups is 1. The number of benzene rings is 1. The summed E-state index contributed by atoms with van der Waals surface area (Å²) in [6, 6.07) is 8.65. The maximum atomic E-state index is 11.8. The molecule has 0 saturated heterocycles. The molecule has 1 amide bonds. The minimum absolute atomic E-state index is 0.108. The lowest BCUT2D eigenvalue weighted by molar-refractivity contribution is -0.121. The van der Waals surface area contributed by atoms with Crippen molar-refractivity contribution < 1.29 is 4.79 Å². The maximum absolute atomic E-state index is 11.8. The second-order valence-electron chi connectivity index (χ2n) is 6.03. The summed E-state index contributed by atoms with van der Waals surface area (Å²) in [5.41, 5.74) is 3.55. The normalized spacial score (nSPS) is 10.8. The first kappa shape index (κ1) is 18.0. The zero-order chi connectivity index (χ0) is 17.7. The average Bonchev–Trinajstić information content (AvgIpc) is 2.87. The molecule has 0 aliphatic heterocycles. The van der Waals surface area contributed by atoms with E-state index in [0.717, 1.165) is 6.42 Å². The topological polar surface area (TPSA) is 46.9 Å². The molecule has 0 radical (unpaired) electrons. The van der Waals surface area contributed by atoms with Crippen molar-refractivity contribution in [1.82, 2.24) is 14.9 Å². The largest absolute Gasteiger partial charge is 0.354 e. The van der Waals surface area contributed by atoms with Gasteiger partial charge >= 0.3 is 0 Å². The fourth-order valence-corrected chi connectivity index (χ4v) is 2.91. The Bertz CT molecular complexity index is 833. The Hall–Kier alpha value is -2.36. The van der Waals surface area contributed by atoms with E-state index in [1.54, 1.807) is 0 Å². The van der Waals surface area contributed by atoms with E-state index in [1.807, 2.05) is 46.2 Å². The summed E-state index contributed by atoms with van der Waals surface area (Å²) >= 11 is 0. The molecule has 24 heavy (non-hydrogen) atoms. The number of nitrogens with one attached hydrogen (secondary N) is 1. The number of fused-ring (bicyclic) bond motifs is 3. The van der Waals surface area contributed by atoms with Crippen molar-refractivity contribution in [3.05, 3.63) is 42.2 Å². The van der Waals surface area contributed by atoms with Gasteiger partial charge in [0.1, 0.15) is 0 Å². The molecule has 0 bridgehead atoms. The first-order chi connectivity index (χ1) is 11.6. The zero-order valence-electron chi connectivity index (χ0n) is 15.3. The van der Waals surface area contributed by atoms with Gasteiger partial charge in [0.05, 0.1) is 5.52 Å². The number of aryl methyl sites for hydroxylation is 2. The Kier molecular flexibility index (Phi) is 5.96. The van der Waals surface area contributed by atoms with E-state index >= 15 is 0 Å². The van der Waals surface area contributed by atoms with Crippen LogP contribution in [0.15, 0.2) is 36.7 Å². The second kappa shape index (κ2) is 7.95. The summed E-state index contributed by atoms with van der Waals surface area (Å²) in [6.07, 6.45) is 5.01. The number of amides is 1. The molecule has 4 nitrogen and oxygen atoms in total. The average molecular weight is 325 g/mol. The molecule has 0 atom stereocenters. The molecule has 1 N–H and O–H groups in total. The minimum atomic E-state index is 0.108. The van der Waals surface area contributed by atoms with Crippen LogP contribution in [0.5, 0.6) is 0 Å². The van der Waals surface area contributed by atoms with Crippen molar-refractivity contribution in [3.63, 3.8) is 0 Å². The summed E-state index contributed by atoms with van der Waals surface area (Å²) < 4.78 is 2.18. The molecule has 1 aromatic carbocycles. The van der Waals surface area contributed by atoms with E-state index in [1.165, 1.54) is 27.4 Å². The Morgan fingerprint density at radius 1 is 1.17 bits per heavy atom. The van der Waals surface area contributed by atoms with Gasteiger partial charge in [0, 0.05) is 48.2 Å². The molecule has 0 fully saturated rings. The predicted octanol–water partition coefficient (Wildman–Crippen LogP) is 4.21. The second-order valence-corrected chi connectivity index (χ2v) is 6.03. The van der Waals surface area contributed by atoms with Gasteiger partial charge in [-0.3, -0.25) is 9.78 Å². The molecular weight excluding hydrogens is 298 g/mol. The number of carbonyl (C=O) groups excluding carboxylic acids is 1. The van der Waals surface area contributed by atoms with Crippen LogP contribution in [-0.2, 0) is 18.3 Å². The summed E-state index contributed by atoms with van der Waals surface area (Å²) in [5.74, 6) is 0.108. The number of hydrogen-bond donors (Lipinski definition) is 1. The van der Waals surface area contributed by atoms with Crippen LogP contribution >= 0.6 is 0 Å². The van der Waals surface area contributed by atoms with Crippen molar-refractivity contribution in [2.24, 2.45) is 7.05 Å². The van der Waals surface area contributed by atoms with Gasteiger partial charge in [-0.25, -0.2) is 0 Å². The van der Waals surface area contributed by atoms with Gasteiger partial charge in [-0.05, 0) is 38.0 Å². The van der Waals surface area contributed by atoms with Gasteiger partial charge in [-0.2, -0.15) is 0 Å². The SMILES string of the molecule is CC.CC(C)NC(=O)CCc1ccc2c3cnccc3n(C)c2c1. The third kappa shape index (κ3) is 3.75. The molecule has 0 unspecified atom stereocenters. The smallest absolute Gasteiger partial charge is 0.220 e. The summed E-state index contributed by atoms with van der Waals surface area (Å²) in [5, 5.41) is 5.31. The van der Waals surface area contributed by atoms with E-state index in [0.29, 0.717) is 6.42 Å². The molecule has 128 valence electrons. The predicted molar refractivity (Wildman–Crippen MR) is 101 cm³/mol. The molecule has 4 heteroatoms. The van der Waals surface area contributed by atoms with Gasteiger partial charge in [0.2, 0.25) is 5.91 Å². The highest BCUT2D eigenvalue weighted by molar-refractivity contribution is 6.07. The number of hydrogen-bond acceptors (Lipinski definition) is 2. The van der Waals surface area contributed by atoms with Crippen LogP contribution < -0.4 is 5.32 Å². The Morgan fingerprint density at radius 2 is 1.92 bits per heavy atom. The maximum Gasteiger partial charge on any atom is 0.220 e. The van der Waals surface area contributed by atoms with Gasteiger partial charge in [0.15, 0.2) is 0 Å². The Morgan fingerprint density at radius 3 is 2.62 bits per heavy atom. The molecule has 0 aliphatic carbocycles. The third-order valence-corrected chi connectivity index (χ3v) is 3.96. The van der Waals surface area contributed by atoms with Gasteiger partial charge < -0.3 is 9.88 Å². The standard InChI is InChI=1S/C18H21N3O.C2H6/c1-12(2)20-18(22)7-5-13-4-6-14-15-11-19-9-8-16(15)21(3)17(14)10-13;1-2/h4,6,8-12H,5,7H2,1-3H3,(H,20,22);1-2H3. The molecule has 0 spiro atoms. The van der Waals surface area contributed by atoms with Crippen LogP contribution in [0.2, 0.25) is 0 Å². The van der Waals surface area contributed by atoms with Gasteiger partial charge in [0.25, 0.3) is 0 Å². The lowest BCUT2D eigenvalue weighted by atomic mass is 10.1. The number of pyridine rings is 1. The third-order valence-electron chi connectivity index (χ3n) is 3.96. The Labute approximate surface area is 143 Å². The van der Waals surface area contributed by atoms with Crippen molar-refractivity contribution in [2.45, 2.75) is 46.6 Å². The van der Waals surface area contributed by atoms with Crippen LogP contribution in [0.4, 0.5) is 0 Å². The summed E-state index contributed by atoms with van der Waals surface area (Å²) in [4.78, 5) is 16.0. The number of rotatable bonds is 4. The van der Waals surface area contributed by atoms with E-state index in [9.17, 15) is 4.79 Å². The zero-order valence-corrected chi connectivity index (χ0v) is 15.3. The van der Waals surface area contributed by atoms with E-state index in [-0.39, 0.29) is 11.9 Å². The molecule has 2 heterocycles. The fraction of sp³-hybridized carbons (Fsp3) is 0.400. The fourth-order valence-electron chi connectivity index (χ4n) is 2.91. The van der Waals surface area contributed by atoms with E-state index in [4.69, 9.17) is 0 Å². The highest BCUT2D eigenvalue weighted by Gasteiger charge is 2.09. The quantitative estimate of drug-likeness (QED) is 0.781. The number of aromatic nitrogens is 2. The van der Waals surface area contributed by atoms with Crippen molar-refractivity contribution in [3.8, 4) is 0 Å². The minimum Gasteiger partial charge on any atom is -0.354 e. The van der Waals surface area contributed by atoms with Crippen LogP contribution in [0.3, 0.4) is 0 Å². The van der Waals surface area contributed by atoms with Crippen LogP contribution in [-0.4, -0.2) is 21.5 Å². The lowest BCUT2D eigenvalue weighted by Crippen LogP contribution is -2.30. The van der Waals surface area contributed by atoms with Crippen LogP contribution in [0, 0.1) is 0 Å². The number of nitrogens with zero attached hydrogens (tertiary/aromatic N) is 2. The van der Waals surface area contributed by atoms with Crippen LogP contribution in [0.1, 0.15) is 39.7 Å². The van der Waals surface area contributed by atoms with Gasteiger partial charge in [-0.1, -0.05) is 26.0 Å². The molecule has 0 saturated carbocycles. The molecule has 2 aromatic heterocycles. The van der Waals surface area contributed by atoms with E-state index in [2.05, 4.69) is 40.1 Å². The highest BCUT2D eigenvalue weighted by Crippen LogP contribution is 2.28. The molecule has 3 aromatic rings. The molecule has 0 aliphatic rings. The van der Waals surface area contributed by atoms with E-state index < -0.39 is 0 Å². The van der Waals surface area contributed by atoms with Crippen molar-refractivity contribution in [1.29, 1.82) is 0 Å². The van der Waals surface area contributed by atoms with Gasteiger partial charge in [-0.15, -0.1) is 0 Å². The van der Waals surface area contributed by atoms with Crippen molar-refractivity contribution in [2.75, 3.05) is 0 Å².